The minimum Gasteiger partial charge on any atom is -0.462 e. The number of esters is 1. The number of hydrogen-bond acceptors (Lipinski definition) is 21. The first-order valence-corrected chi connectivity index (χ1v) is 32.9. The number of aliphatic hydroxyl groups is 3. The second-order valence-corrected chi connectivity index (χ2v) is 26.7. The van der Waals surface area contributed by atoms with Crippen LogP contribution in [-0.4, -0.2) is 148 Å². The summed E-state index contributed by atoms with van der Waals surface area (Å²) in [6, 6.07) is 19.7. The Morgan fingerprint density at radius 3 is 1.41 bits per heavy atom. The largest absolute Gasteiger partial charge is 0.462 e. The molecule has 4 aromatic heterocycles. The summed E-state index contributed by atoms with van der Waals surface area (Å²) in [7, 11) is -4.35. The molecule has 6 aromatic rings. The van der Waals surface area contributed by atoms with E-state index < -0.39 is 172 Å². The molecule has 2 aromatic carbocycles. The maximum atomic E-state index is 15.2. The van der Waals surface area contributed by atoms with E-state index in [1.54, 1.807) is 76.2 Å². The lowest BCUT2D eigenvalue weighted by molar-refractivity contribution is -0.149. The number of nitrogens with zero attached hydrogens (tertiary/aromatic N) is 5. The minimum absolute atomic E-state index is 0.0669. The number of aromatic nitrogens is 8. The second kappa shape index (κ2) is 32.4. The number of halogens is 8. The Hall–Kier alpha value is -7.15. The van der Waals surface area contributed by atoms with E-state index in [0.717, 1.165) is 39.7 Å². The highest BCUT2D eigenvalue weighted by molar-refractivity contribution is 7.52. The molecule has 0 saturated carbocycles. The molecule has 4 fully saturated rings. The Kier molecular flexibility index (Phi) is 25.9. The predicted molar refractivity (Wildman–Crippen MR) is 344 cm³/mol. The molecule has 18 atom stereocenters. The fraction of sp³-hybridized carbons (Fsp3) is 0.492. The van der Waals surface area contributed by atoms with Gasteiger partial charge in [0.2, 0.25) is 10.3 Å². The van der Waals surface area contributed by atoms with E-state index in [9.17, 15) is 71.1 Å². The summed E-state index contributed by atoms with van der Waals surface area (Å²) in [6.45, 7) is 10.3. The van der Waals surface area contributed by atoms with Crippen LogP contribution < -0.4 is 54.4 Å². The van der Waals surface area contributed by atoms with Gasteiger partial charge in [-0.2, -0.15) is 10.1 Å². The molecule has 30 nitrogen and oxygen atoms in total. The number of aromatic amines is 3. The van der Waals surface area contributed by atoms with E-state index in [0.29, 0.717) is 27.5 Å². The van der Waals surface area contributed by atoms with Gasteiger partial charge in [-0.1, -0.05) is 110 Å². The van der Waals surface area contributed by atoms with Gasteiger partial charge in [0.1, 0.15) is 42.0 Å². The number of H-pyrrole nitrogens is 3. The Morgan fingerprint density at radius 2 is 1.01 bits per heavy atom. The first kappa shape index (κ1) is 78.2. The monoisotopic (exact) mass is 1480 g/mol. The molecule has 10 rings (SSSR count). The number of benzene rings is 2. The SMILES string of the molecule is CC(C)OC(=O)[C@H](C)N[P@](=O)(OC[C@H]1O[C@@H](n2ccc(=O)[nH]c2=O)[C@@](F)(Cl)[C@@H]1O)Oc1ccccc1.CC[C@H]1O[C@@H](n2ccc(=O)[nH]c2=O)[C@@](F)(Cl)[C@@H]1C.CC[C@H]1O[C@@H](n2ccc(NC(=O)c3ccccc3)nc2=O)[C@@](F)(Cl)[C@@H]1C.O=c1ccn([C@@H]2O[C@H](CO)[C@@H](O)[C@]2(F)Cl)c(=O)[nH]1. The highest BCUT2D eigenvalue weighted by Crippen LogP contribution is 2.52. The Labute approximate surface area is 572 Å². The van der Waals surface area contributed by atoms with Crippen molar-refractivity contribution in [1.29, 1.82) is 0 Å². The summed E-state index contributed by atoms with van der Waals surface area (Å²) in [5, 5.41) is 23.6. The number of carbonyl (C=O) groups is 2. The van der Waals surface area contributed by atoms with Crippen molar-refractivity contribution in [3.05, 3.63) is 188 Å². The van der Waals surface area contributed by atoms with Crippen molar-refractivity contribution in [3.63, 3.8) is 0 Å². The topological polar surface area (TPSA) is 400 Å². The first-order chi connectivity index (χ1) is 45.9. The Bertz CT molecular complexity index is 4130. The summed E-state index contributed by atoms with van der Waals surface area (Å²) in [6.07, 6.45) is -8.20. The van der Waals surface area contributed by atoms with Crippen LogP contribution in [0, 0.1) is 11.8 Å². The highest BCUT2D eigenvalue weighted by atomic mass is 35.5. The van der Waals surface area contributed by atoms with Crippen molar-refractivity contribution in [3.8, 4) is 5.75 Å². The van der Waals surface area contributed by atoms with E-state index in [1.807, 2.05) is 28.8 Å². The van der Waals surface area contributed by atoms with Crippen LogP contribution in [0.25, 0.3) is 0 Å². The number of ether oxygens (including phenoxy) is 5. The fourth-order valence-corrected chi connectivity index (χ4v) is 12.8. The molecule has 4 saturated heterocycles. The molecule has 0 bridgehead atoms. The summed E-state index contributed by atoms with van der Waals surface area (Å²) in [4.78, 5) is 115. The zero-order chi connectivity index (χ0) is 72.6. The van der Waals surface area contributed by atoms with Crippen LogP contribution >= 0.6 is 54.2 Å². The summed E-state index contributed by atoms with van der Waals surface area (Å²) < 4.78 is 113. The first-order valence-electron chi connectivity index (χ1n) is 29.9. The van der Waals surface area contributed by atoms with Crippen molar-refractivity contribution in [1.82, 2.24) is 43.3 Å². The molecule has 4 aliphatic heterocycles. The van der Waals surface area contributed by atoms with E-state index in [1.165, 1.54) is 37.5 Å². The molecule has 536 valence electrons. The third kappa shape index (κ3) is 18.1. The molecular weight excluding hydrogens is 1420 g/mol. The van der Waals surface area contributed by atoms with Crippen LogP contribution in [0.3, 0.4) is 0 Å². The fourth-order valence-electron chi connectivity index (χ4n) is 10.1. The van der Waals surface area contributed by atoms with Crippen molar-refractivity contribution in [2.45, 2.75) is 156 Å². The zero-order valence-electron chi connectivity index (χ0n) is 52.8. The third-order valence-electron chi connectivity index (χ3n) is 15.4. The maximum absolute atomic E-state index is 15.2. The molecule has 0 aliphatic carbocycles. The highest BCUT2D eigenvalue weighted by Gasteiger charge is 2.60. The molecule has 0 radical (unpaired) electrons. The van der Waals surface area contributed by atoms with Crippen LogP contribution in [0.5, 0.6) is 5.75 Å². The van der Waals surface area contributed by atoms with Crippen LogP contribution in [0.4, 0.5) is 23.4 Å². The lowest BCUT2D eigenvalue weighted by Crippen LogP contribution is -2.42. The molecule has 8 N–H and O–H groups in total. The van der Waals surface area contributed by atoms with E-state index in [2.05, 4.69) is 15.4 Å². The van der Waals surface area contributed by atoms with Gasteiger partial charge in [-0.15, -0.1) is 0 Å². The summed E-state index contributed by atoms with van der Waals surface area (Å²) >= 11 is 23.2. The number of nitrogens with one attached hydrogen (secondary N) is 5. The van der Waals surface area contributed by atoms with Gasteiger partial charge < -0.3 is 48.8 Å². The second-order valence-electron chi connectivity index (χ2n) is 22.7. The van der Waals surface area contributed by atoms with E-state index >= 15 is 4.39 Å². The smallest absolute Gasteiger partial charge is 0.459 e. The number of hydrogen-bond donors (Lipinski definition) is 8. The van der Waals surface area contributed by atoms with Crippen molar-refractivity contribution < 1.29 is 79.8 Å². The van der Waals surface area contributed by atoms with Gasteiger partial charge in [0.15, 0.2) is 24.9 Å². The minimum atomic E-state index is -4.35. The Morgan fingerprint density at radius 1 is 0.612 bits per heavy atom. The normalized spacial score (nSPS) is 30.3. The van der Waals surface area contributed by atoms with E-state index in [4.69, 9.17) is 84.2 Å². The molecule has 98 heavy (non-hydrogen) atoms. The van der Waals surface area contributed by atoms with Crippen molar-refractivity contribution in [2.24, 2.45) is 11.8 Å². The van der Waals surface area contributed by atoms with Gasteiger partial charge in [0.25, 0.3) is 32.8 Å². The van der Waals surface area contributed by atoms with Gasteiger partial charge in [0.05, 0.1) is 31.5 Å². The van der Waals surface area contributed by atoms with Gasteiger partial charge in [-0.25, -0.2) is 41.3 Å². The zero-order valence-corrected chi connectivity index (χ0v) is 56.7. The number of aliphatic hydroxyl groups excluding tert-OH is 3. The average Bonchev–Trinajstić information content (AvgIpc) is 1.64. The molecular formula is C59H69Cl4F4N10O20P. The Balaban J connectivity index is 0.000000192. The van der Waals surface area contributed by atoms with Gasteiger partial charge >= 0.3 is 36.5 Å². The predicted octanol–water partition coefficient (Wildman–Crippen LogP) is 5.25. The number of rotatable bonds is 18. The quantitative estimate of drug-likeness (QED) is 0.0236. The number of alkyl halides is 8. The van der Waals surface area contributed by atoms with Crippen LogP contribution in [0.15, 0.2) is 143 Å². The number of para-hydroxylation sites is 1. The standard InChI is InChI=1S/C21H26ClFN3O9P.C18H19ClFN3O3.C11H14ClFN2O3.C9H10ClFN2O5/c1-12(2)33-18(29)13(3)25-36(31,35-14-7-5-4-6-8-14)32-11-15-17(28)21(22,23)19(34-15)26-10-9-16(27)24-20(26)30;1-3-13-11(2)18(19,20)16(26-13)23-10-9-14(22-17(23)25)21-15(24)12-7-5-4-6-8-12;1-3-7-6(2)11(12,13)9(18-7)15-5-4-8(16)14-10(15)17;10-9(11)6(16)4(3-14)18-7(9)13-2-1-5(15)12-8(13)17/h4-10,12-13,15,17,19,28H,11H2,1-3H3,(H,25,31)(H,24,27,30);4-11,13,16H,3H2,1-2H3,(H,21,22,24,25);4-7,9H,3H2,1-2H3,(H,14,16,17);1-2,4,6-7,14,16H,3H2,(H,12,15,17)/t13-,15+,17+,19+,21+,36-;11-,13-,16-,18-;6-,7-,9-,11-;4-,6-,7-,9-/m0111/s1. The average molecular weight is 1490 g/mol. The lowest BCUT2D eigenvalue weighted by atomic mass is 9.99. The number of anilines is 1. The van der Waals surface area contributed by atoms with E-state index in [-0.39, 0.29) is 17.7 Å². The molecule has 8 heterocycles. The van der Waals surface area contributed by atoms with Crippen LogP contribution in [0.1, 0.15) is 96.6 Å². The van der Waals surface area contributed by atoms with Crippen molar-refractivity contribution in [2.75, 3.05) is 18.5 Å². The molecule has 0 spiro atoms. The molecule has 4 aliphatic rings. The summed E-state index contributed by atoms with van der Waals surface area (Å²) in [5.41, 5.74) is -4.96. The van der Waals surface area contributed by atoms with Gasteiger partial charge in [-0.05, 0) is 63.9 Å². The van der Waals surface area contributed by atoms with Gasteiger partial charge in [0, 0.05) is 60.4 Å². The van der Waals surface area contributed by atoms with Crippen LogP contribution in [0.2, 0.25) is 0 Å². The summed E-state index contributed by atoms with van der Waals surface area (Å²) in [5.74, 6) is -2.07. The number of amides is 1. The maximum Gasteiger partial charge on any atom is 0.459 e. The third-order valence-corrected chi connectivity index (χ3v) is 19.0. The molecule has 1 amide bonds. The van der Waals surface area contributed by atoms with Gasteiger partial charge in [-0.3, -0.25) is 61.7 Å². The number of carbonyl (C=O) groups excluding carboxylic acids is 2. The molecule has 39 heteroatoms. The molecule has 0 unspecified atom stereocenters. The van der Waals surface area contributed by atoms with Crippen molar-refractivity contribution >= 4 is 71.8 Å². The lowest BCUT2D eigenvalue weighted by Gasteiger charge is -2.25. The van der Waals surface area contributed by atoms with Crippen LogP contribution in [-0.2, 0) is 37.6 Å².